The molecule has 1 aromatic carbocycles. The van der Waals surface area contributed by atoms with Gasteiger partial charge in [0.2, 0.25) is 0 Å². The van der Waals surface area contributed by atoms with E-state index in [4.69, 9.17) is 21.6 Å². The van der Waals surface area contributed by atoms with Gasteiger partial charge in [-0.1, -0.05) is 12.0 Å². The van der Waals surface area contributed by atoms with Crippen LogP contribution in [0.3, 0.4) is 0 Å². The lowest BCUT2D eigenvalue weighted by Gasteiger charge is -2.12. The third kappa shape index (κ3) is 2.40. The first-order valence-corrected chi connectivity index (χ1v) is 5.63. The monoisotopic (exact) mass is 272 g/mol. The number of carbonyl (C=O) groups is 1. The van der Waals surface area contributed by atoms with Crippen LogP contribution in [0.5, 0.6) is 11.5 Å². The van der Waals surface area contributed by atoms with E-state index in [1.165, 1.54) is 7.11 Å². The van der Waals surface area contributed by atoms with Crippen LogP contribution >= 0.6 is 0 Å². The molecule has 1 aromatic heterocycles. The first-order valence-electron chi connectivity index (χ1n) is 5.63. The lowest BCUT2D eigenvalue weighted by atomic mass is 10.1. The van der Waals surface area contributed by atoms with Gasteiger partial charge in [-0.25, -0.2) is 0 Å². The molecule has 0 atom stereocenters. The highest BCUT2D eigenvalue weighted by Crippen LogP contribution is 2.37. The van der Waals surface area contributed by atoms with E-state index in [9.17, 15) is 4.79 Å². The zero-order valence-corrected chi connectivity index (χ0v) is 10.7. The summed E-state index contributed by atoms with van der Waals surface area (Å²) >= 11 is 0. The molecule has 0 aliphatic heterocycles. The van der Waals surface area contributed by atoms with Gasteiger partial charge >= 0.3 is 0 Å². The lowest BCUT2D eigenvalue weighted by Crippen LogP contribution is -2.13. The Balaban J connectivity index is 2.58. The van der Waals surface area contributed by atoms with Crippen LogP contribution in [0.1, 0.15) is 10.5 Å². The zero-order valence-electron chi connectivity index (χ0n) is 10.7. The maximum Gasteiger partial charge on any atom is 0.271 e. The number of hydrogen-bond acceptors (Lipinski definition) is 5. The number of aromatic amines is 1. The van der Waals surface area contributed by atoms with Crippen LogP contribution in [0, 0.1) is 12.3 Å². The Bertz CT molecular complexity index is 672. The van der Waals surface area contributed by atoms with Crippen molar-refractivity contribution >= 4 is 5.91 Å². The minimum absolute atomic E-state index is 0.0174. The van der Waals surface area contributed by atoms with Gasteiger partial charge in [-0.3, -0.25) is 4.79 Å². The number of primary amides is 1. The molecule has 0 saturated heterocycles. The van der Waals surface area contributed by atoms with Crippen molar-refractivity contribution in [3.63, 3.8) is 0 Å². The van der Waals surface area contributed by atoms with Gasteiger partial charge in [-0.05, 0) is 12.1 Å². The Kier molecular flexibility index (Phi) is 3.86. The number of para-hydroxylation sites is 1. The maximum atomic E-state index is 11.3. The van der Waals surface area contributed by atoms with Crippen molar-refractivity contribution in [1.29, 1.82) is 0 Å². The second kappa shape index (κ2) is 5.75. The number of nitrogens with two attached hydrogens (primary N) is 1. The molecule has 7 nitrogen and oxygen atoms in total. The van der Waals surface area contributed by atoms with Crippen molar-refractivity contribution in [2.75, 3.05) is 13.7 Å². The number of hydrogen-bond donors (Lipinski definition) is 2. The Morgan fingerprint density at radius 2 is 2.30 bits per heavy atom. The summed E-state index contributed by atoms with van der Waals surface area (Å²) in [7, 11) is 1.50. The number of ether oxygens (including phenoxy) is 2. The third-order valence-corrected chi connectivity index (χ3v) is 2.54. The van der Waals surface area contributed by atoms with Gasteiger partial charge in [0.15, 0.2) is 17.2 Å². The van der Waals surface area contributed by atoms with Crippen molar-refractivity contribution < 1.29 is 14.3 Å². The number of terminal acetylenes is 1. The fraction of sp³-hybridized carbons (Fsp3) is 0.154. The number of rotatable bonds is 5. The molecule has 0 spiro atoms. The Labute approximate surface area is 115 Å². The number of amides is 1. The largest absolute Gasteiger partial charge is 0.493 e. The van der Waals surface area contributed by atoms with E-state index in [0.29, 0.717) is 17.1 Å². The highest BCUT2D eigenvalue weighted by atomic mass is 16.5. The van der Waals surface area contributed by atoms with E-state index in [-0.39, 0.29) is 18.0 Å². The lowest BCUT2D eigenvalue weighted by molar-refractivity contribution is 0.0996. The average Bonchev–Trinajstić information content (AvgIpc) is 2.94. The number of methoxy groups -OCH3 is 1. The Morgan fingerprint density at radius 1 is 1.50 bits per heavy atom. The molecule has 0 unspecified atom stereocenters. The van der Waals surface area contributed by atoms with E-state index in [1.807, 2.05) is 0 Å². The molecule has 0 aliphatic carbocycles. The molecular weight excluding hydrogens is 260 g/mol. The summed E-state index contributed by atoms with van der Waals surface area (Å²) in [6.45, 7) is 0.0527. The number of H-pyrrole nitrogens is 1. The van der Waals surface area contributed by atoms with Gasteiger partial charge in [0, 0.05) is 0 Å². The van der Waals surface area contributed by atoms with E-state index in [1.54, 1.807) is 18.2 Å². The second-order valence-corrected chi connectivity index (χ2v) is 3.71. The molecule has 102 valence electrons. The number of carbonyl (C=O) groups excluding carboxylic acids is 1. The second-order valence-electron chi connectivity index (χ2n) is 3.71. The molecule has 1 amide bonds. The van der Waals surface area contributed by atoms with Crippen LogP contribution in [0.15, 0.2) is 18.2 Å². The van der Waals surface area contributed by atoms with Crippen LogP contribution in [0.25, 0.3) is 11.3 Å². The molecule has 0 bridgehead atoms. The van der Waals surface area contributed by atoms with Gasteiger partial charge in [0.1, 0.15) is 12.3 Å². The van der Waals surface area contributed by atoms with Gasteiger partial charge in [0.25, 0.3) is 5.91 Å². The Hall–Kier alpha value is -3.01. The fourth-order valence-electron chi connectivity index (χ4n) is 1.72. The molecule has 3 N–H and O–H groups in total. The predicted molar refractivity (Wildman–Crippen MR) is 71.2 cm³/mol. The van der Waals surface area contributed by atoms with Crippen molar-refractivity contribution in [3.05, 3.63) is 23.9 Å². The maximum absolute atomic E-state index is 11.3. The van der Waals surface area contributed by atoms with Crippen LogP contribution in [-0.4, -0.2) is 35.0 Å². The molecule has 0 aliphatic rings. The summed E-state index contributed by atoms with van der Waals surface area (Å²) in [4.78, 5) is 11.3. The van der Waals surface area contributed by atoms with E-state index < -0.39 is 5.91 Å². The van der Waals surface area contributed by atoms with Gasteiger partial charge < -0.3 is 15.2 Å². The molecule has 0 saturated carbocycles. The molecule has 2 aromatic rings. The first kappa shape index (κ1) is 13.4. The highest BCUT2D eigenvalue weighted by molar-refractivity contribution is 5.97. The summed E-state index contributed by atoms with van der Waals surface area (Å²) in [6, 6.07) is 5.15. The van der Waals surface area contributed by atoms with Crippen LogP contribution < -0.4 is 15.2 Å². The van der Waals surface area contributed by atoms with Gasteiger partial charge in [0.05, 0.1) is 12.7 Å². The normalized spacial score (nSPS) is 9.80. The Morgan fingerprint density at radius 3 is 2.95 bits per heavy atom. The van der Waals surface area contributed by atoms with E-state index in [0.717, 1.165) is 0 Å². The van der Waals surface area contributed by atoms with Crippen molar-refractivity contribution in [3.8, 4) is 35.1 Å². The zero-order chi connectivity index (χ0) is 14.5. The number of nitrogens with zero attached hydrogens (tertiary/aromatic N) is 2. The molecule has 1 heterocycles. The summed E-state index contributed by atoms with van der Waals surface area (Å²) < 4.78 is 10.7. The highest BCUT2D eigenvalue weighted by Gasteiger charge is 2.21. The number of nitrogens with one attached hydrogen (secondary N) is 1. The topological polar surface area (TPSA) is 103 Å². The minimum atomic E-state index is -0.695. The molecule has 7 heteroatoms. The van der Waals surface area contributed by atoms with Crippen LogP contribution in [0.4, 0.5) is 0 Å². The minimum Gasteiger partial charge on any atom is -0.493 e. The molecule has 0 fully saturated rings. The third-order valence-electron chi connectivity index (χ3n) is 2.54. The predicted octanol–water partition coefficient (Wildman–Crippen LogP) is 0.591. The van der Waals surface area contributed by atoms with Crippen LogP contribution in [-0.2, 0) is 0 Å². The summed E-state index contributed by atoms with van der Waals surface area (Å²) in [5, 5.41) is 10.0. The SMILES string of the molecule is C#CCOc1c(OC)cccc1-c1n[nH]nc1C(N)=O. The van der Waals surface area contributed by atoms with Gasteiger partial charge in [-0.15, -0.1) is 6.42 Å². The van der Waals surface area contributed by atoms with E-state index >= 15 is 0 Å². The van der Waals surface area contributed by atoms with Crippen molar-refractivity contribution in [2.24, 2.45) is 5.73 Å². The fourth-order valence-corrected chi connectivity index (χ4v) is 1.72. The van der Waals surface area contributed by atoms with E-state index in [2.05, 4.69) is 21.3 Å². The van der Waals surface area contributed by atoms with Gasteiger partial charge in [-0.2, -0.15) is 15.4 Å². The number of aromatic nitrogens is 3. The van der Waals surface area contributed by atoms with Crippen molar-refractivity contribution in [2.45, 2.75) is 0 Å². The molecular formula is C13H12N4O3. The molecule has 0 radical (unpaired) electrons. The first-order chi connectivity index (χ1) is 9.69. The quantitative estimate of drug-likeness (QED) is 0.775. The average molecular weight is 272 g/mol. The summed E-state index contributed by atoms with van der Waals surface area (Å²) in [5.41, 5.74) is 6.07. The summed E-state index contributed by atoms with van der Waals surface area (Å²) in [5.74, 6) is 2.52. The van der Waals surface area contributed by atoms with Crippen molar-refractivity contribution in [1.82, 2.24) is 15.4 Å². The summed E-state index contributed by atoms with van der Waals surface area (Å²) in [6.07, 6.45) is 5.19. The molecule has 2 rings (SSSR count). The number of benzene rings is 1. The smallest absolute Gasteiger partial charge is 0.271 e. The van der Waals surface area contributed by atoms with Crippen LogP contribution in [0.2, 0.25) is 0 Å². The standard InChI is InChI=1S/C13H12N4O3/c1-3-7-20-12-8(5-4-6-9(12)19-2)10-11(13(14)18)16-17-15-10/h1,4-6H,7H2,2H3,(H2,14,18)(H,15,16,17). The molecule has 20 heavy (non-hydrogen) atoms.